The lowest BCUT2D eigenvalue weighted by molar-refractivity contribution is -0.141. The van der Waals surface area contributed by atoms with Crippen molar-refractivity contribution in [2.24, 2.45) is 0 Å². The SMILES string of the molecule is CCOC(=O)CNC(=O)c1cc(I)cc(I)c1I. The van der Waals surface area contributed by atoms with Gasteiger partial charge in [-0.05, 0) is 86.8 Å². The Bertz CT molecular complexity index is 477. The van der Waals surface area contributed by atoms with E-state index in [1.807, 2.05) is 6.07 Å². The van der Waals surface area contributed by atoms with E-state index in [9.17, 15) is 9.59 Å². The van der Waals surface area contributed by atoms with Crippen LogP contribution in [0, 0.1) is 10.7 Å². The molecule has 0 spiro atoms. The molecule has 4 nitrogen and oxygen atoms in total. The van der Waals surface area contributed by atoms with Crippen LogP contribution in [0.4, 0.5) is 0 Å². The number of carbonyl (C=O) groups is 2. The lowest BCUT2D eigenvalue weighted by atomic mass is 10.2. The van der Waals surface area contributed by atoms with Crippen molar-refractivity contribution < 1.29 is 14.3 Å². The Morgan fingerprint density at radius 1 is 1.28 bits per heavy atom. The smallest absolute Gasteiger partial charge is 0.325 e. The molecule has 0 atom stereocenters. The third kappa shape index (κ3) is 4.79. The van der Waals surface area contributed by atoms with Gasteiger partial charge in [-0.3, -0.25) is 9.59 Å². The van der Waals surface area contributed by atoms with E-state index in [0.29, 0.717) is 12.2 Å². The lowest BCUT2D eigenvalue weighted by Gasteiger charge is -2.08. The van der Waals surface area contributed by atoms with E-state index in [2.05, 4.69) is 73.1 Å². The molecule has 0 radical (unpaired) electrons. The second kappa shape index (κ2) is 7.82. The number of rotatable bonds is 4. The molecule has 0 saturated carbocycles. The summed E-state index contributed by atoms with van der Waals surface area (Å²) >= 11 is 6.46. The second-order valence-electron chi connectivity index (χ2n) is 3.24. The summed E-state index contributed by atoms with van der Waals surface area (Å²) in [6.07, 6.45) is 0. The minimum absolute atomic E-state index is 0.106. The van der Waals surface area contributed by atoms with Gasteiger partial charge in [0.1, 0.15) is 6.54 Å². The fraction of sp³-hybridized carbons (Fsp3) is 0.273. The highest BCUT2D eigenvalue weighted by Crippen LogP contribution is 2.22. The third-order valence-electron chi connectivity index (χ3n) is 1.94. The molecule has 98 valence electrons. The van der Waals surface area contributed by atoms with Crippen LogP contribution in [0.3, 0.4) is 0 Å². The van der Waals surface area contributed by atoms with Crippen molar-refractivity contribution in [3.63, 3.8) is 0 Å². The first-order valence-corrected chi connectivity index (χ1v) is 8.27. The van der Waals surface area contributed by atoms with Crippen LogP contribution in [0.15, 0.2) is 12.1 Å². The quantitative estimate of drug-likeness (QED) is 0.337. The molecule has 1 aromatic rings. The van der Waals surface area contributed by atoms with Gasteiger partial charge in [-0.25, -0.2) is 0 Å². The van der Waals surface area contributed by atoms with E-state index < -0.39 is 5.97 Å². The number of hydrogen-bond donors (Lipinski definition) is 1. The van der Waals surface area contributed by atoms with Crippen LogP contribution in [-0.2, 0) is 9.53 Å². The monoisotopic (exact) mass is 585 g/mol. The van der Waals surface area contributed by atoms with Gasteiger partial charge in [0.2, 0.25) is 0 Å². The molecule has 1 N–H and O–H groups in total. The highest BCUT2D eigenvalue weighted by molar-refractivity contribution is 14.1. The molecule has 0 heterocycles. The van der Waals surface area contributed by atoms with Gasteiger partial charge in [-0.2, -0.15) is 0 Å². The van der Waals surface area contributed by atoms with E-state index >= 15 is 0 Å². The zero-order chi connectivity index (χ0) is 13.7. The first-order valence-electron chi connectivity index (χ1n) is 5.04. The van der Waals surface area contributed by atoms with Gasteiger partial charge >= 0.3 is 5.97 Å². The molecule has 1 amide bonds. The normalized spacial score (nSPS) is 10.0. The predicted molar refractivity (Wildman–Crippen MR) is 93.6 cm³/mol. The summed E-state index contributed by atoms with van der Waals surface area (Å²) < 4.78 is 7.63. The molecule has 7 heteroatoms. The molecular weight excluding hydrogens is 575 g/mol. The number of amides is 1. The maximum absolute atomic E-state index is 11.9. The summed E-state index contributed by atoms with van der Waals surface area (Å²) in [5.41, 5.74) is 0.580. The largest absolute Gasteiger partial charge is 0.465 e. The number of halogens is 3. The number of esters is 1. The van der Waals surface area contributed by atoms with Crippen molar-refractivity contribution in [2.45, 2.75) is 6.92 Å². The summed E-state index contributed by atoms with van der Waals surface area (Å²) in [6.45, 7) is 1.93. The van der Waals surface area contributed by atoms with E-state index in [4.69, 9.17) is 4.74 Å². The molecular formula is C11H10I3NO3. The highest BCUT2D eigenvalue weighted by Gasteiger charge is 2.14. The molecule has 0 fully saturated rings. The Hall–Kier alpha value is 0.350. The molecule has 0 saturated heterocycles. The summed E-state index contributed by atoms with van der Waals surface area (Å²) in [5.74, 6) is -0.690. The predicted octanol–water partition coefficient (Wildman–Crippen LogP) is 2.79. The number of carbonyl (C=O) groups excluding carboxylic acids is 2. The first kappa shape index (κ1) is 16.4. The van der Waals surface area contributed by atoms with Crippen molar-refractivity contribution in [1.82, 2.24) is 5.32 Å². The Labute approximate surface area is 146 Å². The zero-order valence-corrected chi connectivity index (χ0v) is 15.9. The van der Waals surface area contributed by atoms with E-state index in [-0.39, 0.29) is 12.5 Å². The van der Waals surface area contributed by atoms with E-state index in [1.165, 1.54) is 0 Å². The molecule has 0 aliphatic carbocycles. The topological polar surface area (TPSA) is 55.4 Å². The minimum atomic E-state index is -0.429. The summed E-state index contributed by atoms with van der Waals surface area (Å²) in [4.78, 5) is 23.1. The van der Waals surface area contributed by atoms with Gasteiger partial charge in [-0.15, -0.1) is 0 Å². The van der Waals surface area contributed by atoms with Crippen LogP contribution < -0.4 is 5.32 Å². The van der Waals surface area contributed by atoms with Gasteiger partial charge in [0.05, 0.1) is 12.2 Å². The molecule has 1 aromatic carbocycles. The van der Waals surface area contributed by atoms with Gasteiger partial charge in [0.25, 0.3) is 5.91 Å². The van der Waals surface area contributed by atoms with Crippen LogP contribution in [-0.4, -0.2) is 25.0 Å². The average Bonchev–Trinajstić information content (AvgIpc) is 2.31. The standard InChI is InChI=1S/C11H10I3NO3/c1-2-18-9(16)5-15-11(17)7-3-6(12)4-8(13)10(7)14/h3-4H,2,5H2,1H3,(H,15,17). The fourth-order valence-corrected chi connectivity index (χ4v) is 3.58. The summed E-state index contributed by atoms with van der Waals surface area (Å²) in [7, 11) is 0. The van der Waals surface area contributed by atoms with E-state index in [1.54, 1.807) is 13.0 Å². The fourth-order valence-electron chi connectivity index (χ4n) is 1.18. The molecule has 0 aromatic heterocycles. The molecule has 1 rings (SSSR count). The van der Waals surface area contributed by atoms with Crippen molar-refractivity contribution in [3.05, 3.63) is 28.4 Å². The van der Waals surface area contributed by atoms with Gasteiger partial charge in [0.15, 0.2) is 0 Å². The highest BCUT2D eigenvalue weighted by atomic mass is 127. The van der Waals surface area contributed by atoms with Crippen LogP contribution in [0.25, 0.3) is 0 Å². The van der Waals surface area contributed by atoms with Gasteiger partial charge in [0, 0.05) is 10.7 Å². The van der Waals surface area contributed by atoms with Crippen LogP contribution in [0.2, 0.25) is 0 Å². The Kier molecular flexibility index (Phi) is 7.13. The molecule has 0 aliphatic heterocycles. The van der Waals surface area contributed by atoms with Crippen molar-refractivity contribution in [1.29, 1.82) is 0 Å². The molecule has 0 bridgehead atoms. The van der Waals surface area contributed by atoms with Crippen molar-refractivity contribution in [2.75, 3.05) is 13.2 Å². The first-order chi connectivity index (χ1) is 8.45. The maximum atomic E-state index is 11.9. The lowest BCUT2D eigenvalue weighted by Crippen LogP contribution is -2.31. The number of ether oxygens (including phenoxy) is 1. The van der Waals surface area contributed by atoms with Crippen LogP contribution in [0.5, 0.6) is 0 Å². The summed E-state index contributed by atoms with van der Waals surface area (Å²) in [5, 5.41) is 2.55. The Morgan fingerprint density at radius 2 is 1.94 bits per heavy atom. The molecule has 0 unspecified atom stereocenters. The van der Waals surface area contributed by atoms with Crippen molar-refractivity contribution >= 4 is 79.6 Å². The van der Waals surface area contributed by atoms with Gasteiger partial charge in [-0.1, -0.05) is 0 Å². The van der Waals surface area contributed by atoms with Crippen LogP contribution in [0.1, 0.15) is 17.3 Å². The Morgan fingerprint density at radius 3 is 2.56 bits per heavy atom. The van der Waals surface area contributed by atoms with E-state index in [0.717, 1.165) is 10.7 Å². The van der Waals surface area contributed by atoms with Crippen LogP contribution >= 0.6 is 67.8 Å². The number of nitrogens with one attached hydrogen (secondary N) is 1. The zero-order valence-electron chi connectivity index (χ0n) is 9.43. The minimum Gasteiger partial charge on any atom is -0.465 e. The number of hydrogen-bond acceptors (Lipinski definition) is 3. The van der Waals surface area contributed by atoms with Crippen molar-refractivity contribution in [3.8, 4) is 0 Å². The van der Waals surface area contributed by atoms with Gasteiger partial charge < -0.3 is 10.1 Å². The Balaban J connectivity index is 2.76. The average molecular weight is 585 g/mol. The molecule has 18 heavy (non-hydrogen) atoms. The number of benzene rings is 1. The second-order valence-corrected chi connectivity index (χ2v) is 6.72. The maximum Gasteiger partial charge on any atom is 0.325 e. The molecule has 0 aliphatic rings. The third-order valence-corrected chi connectivity index (χ3v) is 5.60. The summed E-state index contributed by atoms with van der Waals surface area (Å²) in [6, 6.07) is 3.79.